The number of rotatable bonds is 6. The Morgan fingerprint density at radius 3 is 2.42 bits per heavy atom. The monoisotopic (exact) mass is 472 g/mol. The zero-order chi connectivity index (χ0) is 22.5. The lowest BCUT2D eigenvalue weighted by Crippen LogP contribution is -2.22. The molecule has 2 N–H and O–H groups in total. The van der Waals surface area contributed by atoms with E-state index in [-0.39, 0.29) is 22.1 Å². The quantitative estimate of drug-likeness (QED) is 0.380. The Bertz CT molecular complexity index is 1130. The molecule has 3 aromatic carbocycles. The van der Waals surface area contributed by atoms with Crippen LogP contribution in [0.5, 0.6) is 0 Å². The van der Waals surface area contributed by atoms with Gasteiger partial charge in [0.15, 0.2) is 0 Å². The van der Waals surface area contributed by atoms with E-state index in [9.17, 15) is 9.59 Å². The number of hydrogen-bond donors (Lipinski definition) is 2. The zero-order valence-corrected chi connectivity index (χ0v) is 19.7. The van der Waals surface area contributed by atoms with Gasteiger partial charge in [0, 0.05) is 21.3 Å². The van der Waals surface area contributed by atoms with E-state index in [1.165, 1.54) is 17.8 Å². The van der Waals surface area contributed by atoms with Crippen molar-refractivity contribution in [2.45, 2.75) is 30.9 Å². The minimum atomic E-state index is -0.329. The Morgan fingerprint density at radius 2 is 1.71 bits per heavy atom. The minimum absolute atomic E-state index is 0.0839. The Kier molecular flexibility index (Phi) is 7.65. The van der Waals surface area contributed by atoms with Crippen LogP contribution in [0, 0.1) is 13.8 Å². The van der Waals surface area contributed by atoms with E-state index in [4.69, 9.17) is 23.2 Å². The molecular weight excluding hydrogens is 451 g/mol. The third kappa shape index (κ3) is 6.26. The second-order valence-corrected chi connectivity index (χ2v) is 9.43. The molecule has 2 amide bonds. The third-order valence-electron chi connectivity index (χ3n) is 4.59. The molecule has 0 aromatic heterocycles. The van der Waals surface area contributed by atoms with Crippen molar-refractivity contribution in [1.29, 1.82) is 0 Å². The first-order chi connectivity index (χ1) is 14.7. The summed E-state index contributed by atoms with van der Waals surface area (Å²) < 4.78 is 0. The molecule has 31 heavy (non-hydrogen) atoms. The number of benzene rings is 3. The average molecular weight is 473 g/mol. The highest BCUT2D eigenvalue weighted by Crippen LogP contribution is 2.28. The van der Waals surface area contributed by atoms with Gasteiger partial charge in [-0.3, -0.25) is 9.59 Å². The van der Waals surface area contributed by atoms with Crippen molar-refractivity contribution in [1.82, 2.24) is 0 Å². The lowest BCUT2D eigenvalue weighted by atomic mass is 10.1. The summed E-state index contributed by atoms with van der Waals surface area (Å²) in [7, 11) is 0. The lowest BCUT2D eigenvalue weighted by molar-refractivity contribution is -0.115. The normalized spacial score (nSPS) is 11.6. The molecule has 0 fully saturated rings. The maximum atomic E-state index is 12.6. The summed E-state index contributed by atoms with van der Waals surface area (Å²) in [5.74, 6) is -0.413. The average Bonchev–Trinajstić information content (AvgIpc) is 2.70. The molecule has 0 aliphatic carbocycles. The molecule has 160 valence electrons. The molecule has 0 bridgehead atoms. The molecule has 4 nitrogen and oxygen atoms in total. The van der Waals surface area contributed by atoms with Gasteiger partial charge in [-0.05, 0) is 68.8 Å². The fourth-order valence-corrected chi connectivity index (χ4v) is 4.39. The number of thioether (sulfide) groups is 1. The van der Waals surface area contributed by atoms with Crippen LogP contribution in [0.15, 0.2) is 65.6 Å². The SMILES string of the molecule is Cc1ccc(NC(=O)C(C)Sc2cccc(NC(=O)c3ccc(Cl)cc3Cl)c2)c(C)c1. The standard InChI is InChI=1S/C24H22Cl2N2O2S/c1-14-7-10-22(15(2)11-14)28-23(29)16(3)31-19-6-4-5-18(13-19)27-24(30)20-9-8-17(25)12-21(20)26/h4-13,16H,1-3H3,(H,27,30)(H,28,29). The van der Waals surface area contributed by atoms with Crippen molar-refractivity contribution >= 4 is 58.2 Å². The van der Waals surface area contributed by atoms with Gasteiger partial charge in [0.05, 0.1) is 15.8 Å². The van der Waals surface area contributed by atoms with Crippen molar-refractivity contribution in [2.24, 2.45) is 0 Å². The van der Waals surface area contributed by atoms with Gasteiger partial charge in [-0.15, -0.1) is 11.8 Å². The number of nitrogens with one attached hydrogen (secondary N) is 2. The highest BCUT2D eigenvalue weighted by molar-refractivity contribution is 8.00. The summed E-state index contributed by atoms with van der Waals surface area (Å²) in [4.78, 5) is 26.0. The topological polar surface area (TPSA) is 58.2 Å². The Morgan fingerprint density at radius 1 is 0.935 bits per heavy atom. The first-order valence-electron chi connectivity index (χ1n) is 9.64. The molecule has 1 unspecified atom stereocenters. The number of anilines is 2. The largest absolute Gasteiger partial charge is 0.325 e. The van der Waals surface area contributed by atoms with Crippen LogP contribution in [0.2, 0.25) is 10.0 Å². The molecule has 0 radical (unpaired) electrons. The van der Waals surface area contributed by atoms with Crippen molar-refractivity contribution in [3.8, 4) is 0 Å². The first-order valence-corrected chi connectivity index (χ1v) is 11.3. The van der Waals surface area contributed by atoms with E-state index in [1.54, 1.807) is 18.2 Å². The zero-order valence-electron chi connectivity index (χ0n) is 17.3. The van der Waals surface area contributed by atoms with Crippen molar-refractivity contribution in [3.63, 3.8) is 0 Å². The highest BCUT2D eigenvalue weighted by Gasteiger charge is 2.16. The van der Waals surface area contributed by atoms with Gasteiger partial charge in [-0.25, -0.2) is 0 Å². The molecule has 3 rings (SSSR count). The van der Waals surface area contributed by atoms with Crippen LogP contribution in [-0.4, -0.2) is 17.1 Å². The van der Waals surface area contributed by atoms with Crippen LogP contribution < -0.4 is 10.6 Å². The van der Waals surface area contributed by atoms with Crippen LogP contribution in [-0.2, 0) is 4.79 Å². The van der Waals surface area contributed by atoms with Crippen LogP contribution >= 0.6 is 35.0 Å². The molecular formula is C24H22Cl2N2O2S. The number of carbonyl (C=O) groups is 2. The lowest BCUT2D eigenvalue weighted by Gasteiger charge is -2.15. The molecule has 3 aromatic rings. The summed E-state index contributed by atoms with van der Waals surface area (Å²) >= 11 is 13.4. The van der Waals surface area contributed by atoms with Crippen molar-refractivity contribution in [2.75, 3.05) is 10.6 Å². The van der Waals surface area contributed by atoms with Gasteiger partial charge < -0.3 is 10.6 Å². The summed E-state index contributed by atoms with van der Waals surface area (Å²) in [6, 6.07) is 18.0. The Labute approximate surface area is 196 Å². The van der Waals surface area contributed by atoms with E-state index in [2.05, 4.69) is 10.6 Å². The maximum absolute atomic E-state index is 12.6. The number of amides is 2. The molecule has 0 spiro atoms. The predicted molar refractivity (Wildman–Crippen MR) is 131 cm³/mol. The number of hydrogen-bond acceptors (Lipinski definition) is 3. The van der Waals surface area contributed by atoms with E-state index < -0.39 is 0 Å². The van der Waals surface area contributed by atoms with E-state index in [0.29, 0.717) is 16.3 Å². The number of halogens is 2. The predicted octanol–water partition coefficient (Wildman–Crippen LogP) is 6.98. The van der Waals surface area contributed by atoms with Crippen molar-refractivity contribution < 1.29 is 9.59 Å². The van der Waals surface area contributed by atoms with Gasteiger partial charge in [0.1, 0.15) is 0 Å². The number of aryl methyl sites for hydroxylation is 2. The van der Waals surface area contributed by atoms with Crippen LogP contribution in [0.25, 0.3) is 0 Å². The minimum Gasteiger partial charge on any atom is -0.325 e. The summed E-state index contributed by atoms with van der Waals surface area (Å²) in [5.41, 5.74) is 3.94. The Balaban J connectivity index is 1.65. The van der Waals surface area contributed by atoms with E-state index in [0.717, 1.165) is 21.7 Å². The Hall–Kier alpha value is -2.47. The first kappa shape index (κ1) is 23.2. The molecule has 0 saturated heterocycles. The van der Waals surface area contributed by atoms with Gasteiger partial charge in [-0.2, -0.15) is 0 Å². The van der Waals surface area contributed by atoms with Gasteiger partial charge in [-0.1, -0.05) is 47.0 Å². The molecule has 0 aliphatic heterocycles. The van der Waals surface area contributed by atoms with Crippen LogP contribution in [0.1, 0.15) is 28.4 Å². The molecule has 0 saturated carbocycles. The summed E-state index contributed by atoms with van der Waals surface area (Å²) in [6.45, 7) is 5.84. The summed E-state index contributed by atoms with van der Waals surface area (Å²) in [5, 5.41) is 6.24. The van der Waals surface area contributed by atoms with Crippen molar-refractivity contribution in [3.05, 3.63) is 87.4 Å². The van der Waals surface area contributed by atoms with Gasteiger partial charge in [0.25, 0.3) is 5.91 Å². The van der Waals surface area contributed by atoms with Gasteiger partial charge >= 0.3 is 0 Å². The fourth-order valence-electron chi connectivity index (χ4n) is 2.97. The fraction of sp³-hybridized carbons (Fsp3) is 0.167. The van der Waals surface area contributed by atoms with E-state index in [1.807, 2.05) is 57.2 Å². The smallest absolute Gasteiger partial charge is 0.257 e. The highest BCUT2D eigenvalue weighted by atomic mass is 35.5. The molecule has 7 heteroatoms. The number of carbonyl (C=O) groups excluding carboxylic acids is 2. The van der Waals surface area contributed by atoms with Crippen LogP contribution in [0.4, 0.5) is 11.4 Å². The molecule has 0 heterocycles. The second kappa shape index (κ2) is 10.2. The summed E-state index contributed by atoms with van der Waals surface area (Å²) in [6.07, 6.45) is 0. The van der Waals surface area contributed by atoms with Crippen LogP contribution in [0.3, 0.4) is 0 Å². The maximum Gasteiger partial charge on any atom is 0.257 e. The van der Waals surface area contributed by atoms with Gasteiger partial charge in [0.2, 0.25) is 5.91 Å². The molecule has 1 atom stereocenters. The third-order valence-corrected chi connectivity index (χ3v) is 6.23. The molecule has 0 aliphatic rings. The van der Waals surface area contributed by atoms with E-state index >= 15 is 0 Å². The second-order valence-electron chi connectivity index (χ2n) is 7.17.